The largest absolute Gasteiger partial charge is 0.479 e. The fraction of sp³-hybridized carbons (Fsp3) is 0.129. The third-order valence-electron chi connectivity index (χ3n) is 6.99. The summed E-state index contributed by atoms with van der Waals surface area (Å²) in [5.41, 5.74) is 2.69. The molecule has 202 valence electrons. The van der Waals surface area contributed by atoms with E-state index in [-0.39, 0.29) is 25.0 Å². The minimum atomic E-state index is -1.73. The van der Waals surface area contributed by atoms with Gasteiger partial charge in [-0.05, 0) is 69.3 Å². The van der Waals surface area contributed by atoms with Crippen molar-refractivity contribution in [1.29, 1.82) is 0 Å². The van der Waals surface area contributed by atoms with Gasteiger partial charge in [-0.2, -0.15) is 0 Å². The molecule has 1 aliphatic rings. The molecule has 7 nitrogen and oxygen atoms in total. The molecule has 1 aliphatic carbocycles. The number of benzene rings is 4. The molecule has 0 aliphatic heterocycles. The van der Waals surface area contributed by atoms with Crippen LogP contribution in [0.2, 0.25) is 0 Å². The number of hydrogen-bond acceptors (Lipinski definition) is 4. The molecular weight excluding hydrogens is 642 g/mol. The number of alkyl carbamates (subject to hydrolysis) is 1. The molecule has 4 aromatic rings. The van der Waals surface area contributed by atoms with E-state index in [0.29, 0.717) is 27.8 Å². The highest BCUT2D eigenvalue weighted by molar-refractivity contribution is 9.10. The highest BCUT2D eigenvalue weighted by atomic mass is 79.9. The number of aromatic carboxylic acids is 1. The molecule has 4 aromatic carbocycles. The molecule has 0 unspecified atom stereocenters. The summed E-state index contributed by atoms with van der Waals surface area (Å²) >= 11 is 6.84. The van der Waals surface area contributed by atoms with E-state index in [2.05, 4.69) is 37.2 Å². The molecule has 0 heterocycles. The number of halogens is 2. The normalized spacial score (nSPS) is 15.8. The quantitative estimate of drug-likeness (QED) is 0.194. The van der Waals surface area contributed by atoms with E-state index in [1.54, 1.807) is 42.5 Å². The number of nitrogens with one attached hydrogen (secondary N) is 1. The first-order valence-corrected chi connectivity index (χ1v) is 13.9. The maximum Gasteiger partial charge on any atom is 0.408 e. The number of carboxylic acids is 2. The summed E-state index contributed by atoms with van der Waals surface area (Å²) in [6, 6.07) is 25.2. The van der Waals surface area contributed by atoms with Gasteiger partial charge in [0.25, 0.3) is 0 Å². The fourth-order valence-corrected chi connectivity index (χ4v) is 5.62. The number of carbonyl (C=O) groups is 3. The van der Waals surface area contributed by atoms with Crippen LogP contribution in [0.25, 0.3) is 22.3 Å². The Bertz CT molecular complexity index is 1600. The van der Waals surface area contributed by atoms with E-state index in [9.17, 15) is 24.6 Å². The minimum Gasteiger partial charge on any atom is -0.479 e. The second-order valence-electron chi connectivity index (χ2n) is 9.55. The van der Waals surface area contributed by atoms with Gasteiger partial charge in [-0.3, -0.25) is 0 Å². The predicted octanol–water partition coefficient (Wildman–Crippen LogP) is 7.09. The average Bonchev–Trinajstić information content (AvgIpc) is 3.33. The summed E-state index contributed by atoms with van der Waals surface area (Å²) < 4.78 is 7.03. The number of carboxylic acid groups (broad SMARTS) is 2. The molecule has 40 heavy (non-hydrogen) atoms. The number of aliphatic carboxylic acids is 1. The van der Waals surface area contributed by atoms with Gasteiger partial charge < -0.3 is 20.3 Å². The van der Waals surface area contributed by atoms with Crippen LogP contribution in [0.3, 0.4) is 0 Å². The van der Waals surface area contributed by atoms with Gasteiger partial charge in [0.15, 0.2) is 0 Å². The summed E-state index contributed by atoms with van der Waals surface area (Å²) in [5.74, 6) is -2.37. The van der Waals surface area contributed by atoms with Gasteiger partial charge in [-0.25, -0.2) is 14.4 Å². The molecule has 0 radical (unpaired) electrons. The molecule has 0 aromatic heterocycles. The zero-order chi connectivity index (χ0) is 28.4. The van der Waals surface area contributed by atoms with E-state index in [4.69, 9.17) is 4.74 Å². The maximum atomic E-state index is 12.9. The standard InChI is InChI=1S/C31H23Br2NO6/c32-21-10-6-19(7-11-21)23-14-24(28(35)36)27(20-8-12-22(33)13-9-20)26-16-31(29(37)38,15-25(23)26)34-30(39)40-17-18-4-2-1-3-5-18/h1-14H,15-17H2,(H,34,39)(H,35,36)(H,37,38)/t31-/m1/s1. The van der Waals surface area contributed by atoms with E-state index < -0.39 is 23.6 Å². The first-order chi connectivity index (χ1) is 19.2. The minimum absolute atomic E-state index is 0.0211. The third-order valence-corrected chi connectivity index (χ3v) is 8.05. The van der Waals surface area contributed by atoms with Crippen molar-refractivity contribution in [3.05, 3.63) is 116 Å². The summed E-state index contributed by atoms with van der Waals surface area (Å²) in [7, 11) is 0. The average molecular weight is 665 g/mol. The van der Waals surface area contributed by atoms with Crippen LogP contribution in [-0.2, 0) is 29.0 Å². The second kappa shape index (κ2) is 11.3. The Kier molecular flexibility index (Phi) is 7.78. The molecule has 1 amide bonds. The Hall–Kier alpha value is -3.95. The van der Waals surface area contributed by atoms with E-state index in [1.807, 2.05) is 42.5 Å². The zero-order valence-electron chi connectivity index (χ0n) is 21.0. The van der Waals surface area contributed by atoms with Crippen LogP contribution in [-0.4, -0.2) is 33.8 Å². The smallest absolute Gasteiger partial charge is 0.408 e. The van der Waals surface area contributed by atoms with Crippen molar-refractivity contribution in [3.8, 4) is 22.3 Å². The summed E-state index contributed by atoms with van der Waals surface area (Å²) in [6.45, 7) is -0.0211. The molecule has 0 bridgehead atoms. The molecule has 0 saturated carbocycles. The summed E-state index contributed by atoms with van der Waals surface area (Å²) in [5, 5.41) is 23.3. The second-order valence-corrected chi connectivity index (χ2v) is 11.4. The molecule has 0 fully saturated rings. The first kappa shape index (κ1) is 27.6. The zero-order valence-corrected chi connectivity index (χ0v) is 24.2. The van der Waals surface area contributed by atoms with Crippen LogP contribution in [0.1, 0.15) is 27.0 Å². The highest BCUT2D eigenvalue weighted by Crippen LogP contribution is 2.45. The van der Waals surface area contributed by atoms with Gasteiger partial charge in [0.2, 0.25) is 0 Å². The highest BCUT2D eigenvalue weighted by Gasteiger charge is 2.48. The lowest BCUT2D eigenvalue weighted by atomic mass is 9.87. The molecular formula is C31H23Br2NO6. The SMILES string of the molecule is O=C(N[C@]1(C(=O)O)Cc2c(-c3ccc(Br)cc3)cc(C(=O)O)c(-c3ccc(Br)cc3)c2C1)OCc1ccccc1. The van der Waals surface area contributed by atoms with Crippen LogP contribution in [0.5, 0.6) is 0 Å². The van der Waals surface area contributed by atoms with Crippen LogP contribution >= 0.6 is 31.9 Å². The van der Waals surface area contributed by atoms with E-state index in [0.717, 1.165) is 20.1 Å². The molecule has 0 spiro atoms. The van der Waals surface area contributed by atoms with Crippen LogP contribution < -0.4 is 5.32 Å². The van der Waals surface area contributed by atoms with Gasteiger partial charge >= 0.3 is 18.0 Å². The predicted molar refractivity (Wildman–Crippen MR) is 157 cm³/mol. The molecule has 3 N–H and O–H groups in total. The Labute approximate surface area is 247 Å². The monoisotopic (exact) mass is 663 g/mol. The number of amides is 1. The van der Waals surface area contributed by atoms with Crippen molar-refractivity contribution >= 4 is 49.9 Å². The van der Waals surface area contributed by atoms with Crippen molar-refractivity contribution in [2.75, 3.05) is 0 Å². The van der Waals surface area contributed by atoms with Gasteiger partial charge in [-0.1, -0.05) is 86.5 Å². The molecule has 9 heteroatoms. The fourth-order valence-electron chi connectivity index (χ4n) is 5.09. The van der Waals surface area contributed by atoms with Gasteiger partial charge in [0, 0.05) is 21.8 Å². The summed E-state index contributed by atoms with van der Waals surface area (Å²) in [6.07, 6.45) is -1.03. The van der Waals surface area contributed by atoms with Crippen molar-refractivity contribution < 1.29 is 29.3 Å². The number of rotatable bonds is 7. The number of hydrogen-bond donors (Lipinski definition) is 3. The Morgan fingerprint density at radius 2 is 1.38 bits per heavy atom. The van der Waals surface area contributed by atoms with Crippen LogP contribution in [0.4, 0.5) is 4.79 Å². The lowest BCUT2D eigenvalue weighted by Gasteiger charge is -2.25. The summed E-state index contributed by atoms with van der Waals surface area (Å²) in [4.78, 5) is 38.3. The van der Waals surface area contributed by atoms with Crippen molar-refractivity contribution in [2.24, 2.45) is 0 Å². The third kappa shape index (κ3) is 5.52. The Morgan fingerprint density at radius 3 is 1.95 bits per heavy atom. The van der Waals surface area contributed by atoms with E-state index in [1.165, 1.54) is 0 Å². The van der Waals surface area contributed by atoms with Crippen LogP contribution in [0.15, 0.2) is 93.9 Å². The topological polar surface area (TPSA) is 113 Å². The van der Waals surface area contributed by atoms with E-state index >= 15 is 0 Å². The number of ether oxygens (including phenoxy) is 1. The van der Waals surface area contributed by atoms with Crippen molar-refractivity contribution in [1.82, 2.24) is 5.32 Å². The molecule has 0 saturated heterocycles. The van der Waals surface area contributed by atoms with Crippen molar-refractivity contribution in [2.45, 2.75) is 25.0 Å². The Balaban J connectivity index is 1.62. The Morgan fingerprint density at radius 1 is 0.800 bits per heavy atom. The van der Waals surface area contributed by atoms with Gasteiger partial charge in [-0.15, -0.1) is 0 Å². The first-order valence-electron chi connectivity index (χ1n) is 12.3. The number of carbonyl (C=O) groups excluding carboxylic acids is 1. The lowest BCUT2D eigenvalue weighted by molar-refractivity contribution is -0.144. The lowest BCUT2D eigenvalue weighted by Crippen LogP contribution is -2.55. The van der Waals surface area contributed by atoms with Crippen molar-refractivity contribution in [3.63, 3.8) is 0 Å². The van der Waals surface area contributed by atoms with Gasteiger partial charge in [0.1, 0.15) is 12.1 Å². The molecule has 1 atom stereocenters. The molecule has 5 rings (SSSR count). The van der Waals surface area contributed by atoms with Crippen LogP contribution in [0, 0.1) is 0 Å². The van der Waals surface area contributed by atoms with Gasteiger partial charge in [0.05, 0.1) is 5.56 Å². The maximum absolute atomic E-state index is 12.9. The number of fused-ring (bicyclic) bond motifs is 1.